The number of hydrogen-bond donors (Lipinski definition) is 1. The number of benzene rings is 1. The fourth-order valence-electron chi connectivity index (χ4n) is 1.68. The summed E-state index contributed by atoms with van der Waals surface area (Å²) in [5, 5.41) is 0.358. The van der Waals surface area contributed by atoms with Crippen LogP contribution in [0.15, 0.2) is 18.2 Å². The van der Waals surface area contributed by atoms with Gasteiger partial charge in [-0.1, -0.05) is 11.6 Å². The number of carbonyl (C=O) groups excluding carboxylic acids is 1. The van der Waals surface area contributed by atoms with Crippen molar-refractivity contribution in [2.45, 2.75) is 18.9 Å². The van der Waals surface area contributed by atoms with Crippen LogP contribution < -0.4 is 5.73 Å². The Bertz CT molecular complexity index is 416. The van der Waals surface area contributed by atoms with Gasteiger partial charge in [-0.2, -0.15) is 0 Å². The second-order valence-electron chi connectivity index (χ2n) is 3.97. The van der Waals surface area contributed by atoms with Crippen molar-refractivity contribution in [1.29, 1.82) is 0 Å². The van der Waals surface area contributed by atoms with E-state index < -0.39 is 5.97 Å². The molecule has 5 heteroatoms. The van der Waals surface area contributed by atoms with E-state index in [4.69, 9.17) is 26.8 Å². The summed E-state index contributed by atoms with van der Waals surface area (Å²) in [5.74, 6) is -0.401. The summed E-state index contributed by atoms with van der Waals surface area (Å²) in [7, 11) is 0. The van der Waals surface area contributed by atoms with E-state index in [1.165, 1.54) is 6.07 Å². The summed E-state index contributed by atoms with van der Waals surface area (Å²) in [6.07, 6.45) is 1.99. The third-order valence-electron chi connectivity index (χ3n) is 2.66. The van der Waals surface area contributed by atoms with Crippen LogP contribution in [0, 0.1) is 0 Å². The Morgan fingerprint density at radius 3 is 3.06 bits per heavy atom. The quantitative estimate of drug-likeness (QED) is 0.665. The average Bonchev–Trinajstić information content (AvgIpc) is 2.82. The molecule has 0 aliphatic carbocycles. The van der Waals surface area contributed by atoms with Gasteiger partial charge in [-0.05, 0) is 31.0 Å². The van der Waals surface area contributed by atoms with Crippen LogP contribution in [0.3, 0.4) is 0 Å². The van der Waals surface area contributed by atoms with Crippen molar-refractivity contribution in [3.63, 3.8) is 0 Å². The highest BCUT2D eigenvalue weighted by molar-refractivity contribution is 6.33. The maximum absolute atomic E-state index is 11.7. The van der Waals surface area contributed by atoms with Crippen LogP contribution >= 0.6 is 11.6 Å². The second-order valence-corrected chi connectivity index (χ2v) is 4.38. The first kappa shape index (κ1) is 12.2. The van der Waals surface area contributed by atoms with Crippen molar-refractivity contribution in [2.75, 3.05) is 18.9 Å². The van der Waals surface area contributed by atoms with E-state index >= 15 is 0 Å². The van der Waals surface area contributed by atoms with Gasteiger partial charge in [-0.15, -0.1) is 0 Å². The van der Waals surface area contributed by atoms with Crippen LogP contribution in [-0.4, -0.2) is 25.3 Å². The molecule has 1 unspecified atom stereocenters. The molecule has 1 fully saturated rings. The normalized spacial score (nSPS) is 19.2. The molecule has 1 aromatic rings. The minimum absolute atomic E-state index is 0.0307. The Hall–Kier alpha value is -1.26. The minimum Gasteiger partial charge on any atom is -0.459 e. The molecule has 1 heterocycles. The lowest BCUT2D eigenvalue weighted by Gasteiger charge is -2.10. The number of ether oxygens (including phenoxy) is 2. The maximum atomic E-state index is 11.7. The van der Waals surface area contributed by atoms with Crippen molar-refractivity contribution in [3.05, 3.63) is 28.8 Å². The molecule has 0 bridgehead atoms. The third kappa shape index (κ3) is 3.11. The van der Waals surface area contributed by atoms with Gasteiger partial charge in [0.05, 0.1) is 22.4 Å². The Kier molecular flexibility index (Phi) is 3.86. The van der Waals surface area contributed by atoms with E-state index in [2.05, 4.69) is 0 Å². The van der Waals surface area contributed by atoms with Gasteiger partial charge in [0.15, 0.2) is 0 Å². The van der Waals surface area contributed by atoms with Crippen molar-refractivity contribution in [3.8, 4) is 0 Å². The Balaban J connectivity index is 1.92. The topological polar surface area (TPSA) is 61.6 Å². The summed E-state index contributed by atoms with van der Waals surface area (Å²) in [6, 6.07) is 4.69. The zero-order chi connectivity index (χ0) is 12.3. The molecular formula is C12H14ClNO3. The van der Waals surface area contributed by atoms with Crippen molar-refractivity contribution in [1.82, 2.24) is 0 Å². The van der Waals surface area contributed by atoms with E-state index in [1.54, 1.807) is 12.1 Å². The number of anilines is 1. The van der Waals surface area contributed by atoms with Gasteiger partial charge < -0.3 is 15.2 Å². The largest absolute Gasteiger partial charge is 0.459 e. The lowest BCUT2D eigenvalue weighted by molar-refractivity contribution is 0.0161. The number of nitrogen functional groups attached to an aromatic ring is 1. The van der Waals surface area contributed by atoms with E-state index in [1.807, 2.05) is 0 Å². The summed E-state index contributed by atoms with van der Waals surface area (Å²) in [6.45, 7) is 1.04. The number of esters is 1. The van der Waals surface area contributed by atoms with E-state index in [9.17, 15) is 4.79 Å². The summed E-state index contributed by atoms with van der Waals surface area (Å²) in [5.41, 5.74) is 6.41. The zero-order valence-electron chi connectivity index (χ0n) is 9.32. The fraction of sp³-hybridized carbons (Fsp3) is 0.417. The molecular weight excluding hydrogens is 242 g/mol. The number of carbonyl (C=O) groups is 1. The van der Waals surface area contributed by atoms with Gasteiger partial charge in [0.2, 0.25) is 0 Å². The van der Waals surface area contributed by atoms with Gasteiger partial charge in [0.1, 0.15) is 6.61 Å². The smallest absolute Gasteiger partial charge is 0.338 e. The first-order valence-electron chi connectivity index (χ1n) is 5.50. The molecule has 0 saturated carbocycles. The van der Waals surface area contributed by atoms with E-state index in [0.717, 1.165) is 19.4 Å². The van der Waals surface area contributed by atoms with Crippen LogP contribution in [0.1, 0.15) is 23.2 Å². The molecule has 2 rings (SSSR count). The van der Waals surface area contributed by atoms with Crippen LogP contribution in [-0.2, 0) is 9.47 Å². The Morgan fingerprint density at radius 2 is 2.41 bits per heavy atom. The molecule has 1 atom stereocenters. The van der Waals surface area contributed by atoms with Crippen LogP contribution in [0.5, 0.6) is 0 Å². The monoisotopic (exact) mass is 255 g/mol. The highest BCUT2D eigenvalue weighted by Gasteiger charge is 2.18. The molecule has 1 saturated heterocycles. The standard InChI is InChI=1S/C12H14ClNO3/c13-10-6-8(3-4-11(10)14)12(15)17-7-9-2-1-5-16-9/h3-4,6,9H,1-2,5,7,14H2. The minimum atomic E-state index is -0.401. The number of halogens is 1. The molecule has 4 nitrogen and oxygen atoms in total. The molecule has 1 aromatic carbocycles. The van der Waals surface area contributed by atoms with Gasteiger partial charge in [-0.3, -0.25) is 0 Å². The van der Waals surface area contributed by atoms with E-state index in [-0.39, 0.29) is 6.10 Å². The fourth-order valence-corrected chi connectivity index (χ4v) is 1.86. The first-order chi connectivity index (χ1) is 8.16. The SMILES string of the molecule is Nc1ccc(C(=O)OCC2CCCO2)cc1Cl. The lowest BCUT2D eigenvalue weighted by Crippen LogP contribution is -2.17. The molecule has 0 aromatic heterocycles. The number of nitrogens with two attached hydrogens (primary N) is 1. The average molecular weight is 256 g/mol. The molecule has 92 valence electrons. The molecule has 1 aliphatic rings. The summed E-state index contributed by atoms with van der Waals surface area (Å²) < 4.78 is 10.5. The lowest BCUT2D eigenvalue weighted by atomic mass is 10.2. The molecule has 0 radical (unpaired) electrons. The number of rotatable bonds is 3. The van der Waals surface area contributed by atoms with Gasteiger partial charge in [-0.25, -0.2) is 4.79 Å². The Morgan fingerprint density at radius 1 is 1.59 bits per heavy atom. The zero-order valence-corrected chi connectivity index (χ0v) is 10.1. The van der Waals surface area contributed by atoms with E-state index in [0.29, 0.717) is 22.9 Å². The van der Waals surface area contributed by atoms with Gasteiger partial charge in [0.25, 0.3) is 0 Å². The van der Waals surface area contributed by atoms with Crippen molar-refractivity contribution < 1.29 is 14.3 Å². The highest BCUT2D eigenvalue weighted by Crippen LogP contribution is 2.20. The maximum Gasteiger partial charge on any atom is 0.338 e. The van der Waals surface area contributed by atoms with Crippen molar-refractivity contribution in [2.24, 2.45) is 0 Å². The number of hydrogen-bond acceptors (Lipinski definition) is 4. The molecule has 1 aliphatic heterocycles. The van der Waals surface area contributed by atoms with Crippen LogP contribution in [0.2, 0.25) is 5.02 Å². The first-order valence-corrected chi connectivity index (χ1v) is 5.88. The summed E-state index contributed by atoms with van der Waals surface area (Å²) >= 11 is 5.83. The van der Waals surface area contributed by atoms with Crippen molar-refractivity contribution >= 4 is 23.3 Å². The van der Waals surface area contributed by atoms with Gasteiger partial charge in [0, 0.05) is 6.61 Å². The molecule has 17 heavy (non-hydrogen) atoms. The predicted molar refractivity (Wildman–Crippen MR) is 65.1 cm³/mol. The predicted octanol–water partition coefficient (Wildman–Crippen LogP) is 2.26. The molecule has 0 spiro atoms. The van der Waals surface area contributed by atoms with Crippen LogP contribution in [0.25, 0.3) is 0 Å². The second kappa shape index (κ2) is 5.38. The van der Waals surface area contributed by atoms with Crippen LogP contribution in [0.4, 0.5) is 5.69 Å². The van der Waals surface area contributed by atoms with Gasteiger partial charge >= 0.3 is 5.97 Å². The molecule has 2 N–H and O–H groups in total. The Labute approximate surface area is 105 Å². The molecule has 0 amide bonds. The summed E-state index contributed by atoms with van der Waals surface area (Å²) in [4.78, 5) is 11.7. The highest BCUT2D eigenvalue weighted by atomic mass is 35.5. The third-order valence-corrected chi connectivity index (χ3v) is 2.99.